The monoisotopic (exact) mass is 464 g/mol. The fourth-order valence-corrected chi connectivity index (χ4v) is 7.72. The van der Waals surface area contributed by atoms with Gasteiger partial charge in [0.1, 0.15) is 5.75 Å². The largest absolute Gasteiger partial charge is 0.494 e. The average Bonchev–Trinajstić information content (AvgIpc) is 3.15. The van der Waals surface area contributed by atoms with Gasteiger partial charge in [-0.1, -0.05) is 35.5 Å². The molecule has 2 fully saturated rings. The highest BCUT2D eigenvalue weighted by Crippen LogP contribution is 2.41. The van der Waals surface area contributed by atoms with Crippen LogP contribution in [0.15, 0.2) is 53.5 Å². The fourth-order valence-electron chi connectivity index (χ4n) is 3.66. The van der Waals surface area contributed by atoms with Gasteiger partial charge in [0.05, 0.1) is 30.6 Å². The summed E-state index contributed by atoms with van der Waals surface area (Å²) in [6.45, 7) is 2.48. The van der Waals surface area contributed by atoms with E-state index in [-0.39, 0.29) is 35.1 Å². The lowest BCUT2D eigenvalue weighted by atomic mass is 10.1. The lowest BCUT2D eigenvalue weighted by molar-refractivity contribution is -0.117. The van der Waals surface area contributed by atoms with E-state index in [0.29, 0.717) is 16.8 Å². The number of carbonyl (C=O) groups excluding carboxylic acids is 1. The van der Waals surface area contributed by atoms with Crippen molar-refractivity contribution >= 4 is 50.0 Å². The van der Waals surface area contributed by atoms with Gasteiger partial charge < -0.3 is 9.64 Å². The predicted molar refractivity (Wildman–Crippen MR) is 122 cm³/mol. The van der Waals surface area contributed by atoms with Crippen molar-refractivity contribution in [3.8, 4) is 5.75 Å². The van der Waals surface area contributed by atoms with Crippen molar-refractivity contribution in [1.29, 1.82) is 0 Å². The van der Waals surface area contributed by atoms with Gasteiger partial charge in [-0.25, -0.2) is 8.42 Å². The Morgan fingerprint density at radius 1 is 1.17 bits per heavy atom. The van der Waals surface area contributed by atoms with Gasteiger partial charge in [0.25, 0.3) is 5.91 Å². The summed E-state index contributed by atoms with van der Waals surface area (Å²) in [6, 6.07) is 14.3. The van der Waals surface area contributed by atoms with Crippen LogP contribution in [0.25, 0.3) is 0 Å². The molecule has 9 heteroatoms. The number of benzene rings is 2. The smallest absolute Gasteiger partial charge is 0.252 e. The Labute approximate surface area is 185 Å². The van der Waals surface area contributed by atoms with E-state index in [9.17, 15) is 13.2 Å². The van der Waals surface area contributed by atoms with Gasteiger partial charge in [-0.2, -0.15) is 4.99 Å². The van der Waals surface area contributed by atoms with E-state index in [1.807, 2.05) is 36.1 Å². The molecule has 2 saturated heterocycles. The Bertz CT molecular complexity index is 1070. The zero-order valence-corrected chi connectivity index (χ0v) is 18.7. The van der Waals surface area contributed by atoms with Crippen molar-refractivity contribution in [3.63, 3.8) is 0 Å². The number of rotatable bonds is 5. The zero-order valence-electron chi connectivity index (χ0n) is 16.3. The maximum Gasteiger partial charge on any atom is 0.252 e. The average molecular weight is 465 g/mol. The van der Waals surface area contributed by atoms with E-state index in [0.717, 1.165) is 17.0 Å². The van der Waals surface area contributed by atoms with Crippen molar-refractivity contribution in [3.05, 3.63) is 59.1 Å². The molecule has 0 aliphatic carbocycles. The van der Waals surface area contributed by atoms with Crippen molar-refractivity contribution in [2.75, 3.05) is 23.0 Å². The maximum atomic E-state index is 12.6. The standard InChI is InChI=1S/C21H21ClN2O4S2/c1-2-28-17-9-7-16(8-10-17)24-18-12-30(26,27)13-19(18)29-21(24)23-20(25)11-14-3-5-15(22)6-4-14/h3-10,18-19H,2,11-13H2,1H3/t18-,19+/m0/s1. The number of aliphatic imine (C=N–C) groups is 1. The third kappa shape index (κ3) is 4.66. The Morgan fingerprint density at radius 2 is 1.87 bits per heavy atom. The van der Waals surface area contributed by atoms with E-state index in [2.05, 4.69) is 4.99 Å². The first-order valence-corrected chi connectivity index (χ1v) is 12.7. The summed E-state index contributed by atoms with van der Waals surface area (Å²) in [6.07, 6.45) is 0.159. The summed E-state index contributed by atoms with van der Waals surface area (Å²) in [4.78, 5) is 18.9. The summed E-state index contributed by atoms with van der Waals surface area (Å²) in [7, 11) is -3.11. The minimum atomic E-state index is -3.11. The van der Waals surface area contributed by atoms with Crippen molar-refractivity contribution in [1.82, 2.24) is 0 Å². The first-order chi connectivity index (χ1) is 14.3. The molecule has 2 aromatic carbocycles. The summed E-state index contributed by atoms with van der Waals surface area (Å²) in [5.74, 6) is 0.613. The van der Waals surface area contributed by atoms with Crippen molar-refractivity contribution in [2.24, 2.45) is 4.99 Å². The second-order valence-electron chi connectivity index (χ2n) is 7.19. The first-order valence-electron chi connectivity index (χ1n) is 9.60. The van der Waals surface area contributed by atoms with Crippen LogP contribution in [0.5, 0.6) is 5.75 Å². The molecular formula is C21H21ClN2O4S2. The molecule has 30 heavy (non-hydrogen) atoms. The molecule has 2 aliphatic rings. The van der Waals surface area contributed by atoms with Crippen LogP contribution in [0.1, 0.15) is 12.5 Å². The van der Waals surface area contributed by atoms with Crippen LogP contribution >= 0.6 is 23.4 Å². The van der Waals surface area contributed by atoms with Crippen LogP contribution in [-0.2, 0) is 21.1 Å². The van der Waals surface area contributed by atoms with Crippen LogP contribution < -0.4 is 9.64 Å². The number of hydrogen-bond donors (Lipinski definition) is 0. The van der Waals surface area contributed by atoms with Crippen LogP contribution in [0.3, 0.4) is 0 Å². The van der Waals surface area contributed by atoms with E-state index in [4.69, 9.17) is 16.3 Å². The molecule has 1 amide bonds. The van der Waals surface area contributed by atoms with Crippen molar-refractivity contribution < 1.29 is 17.9 Å². The van der Waals surface area contributed by atoms with Gasteiger partial charge in [0.15, 0.2) is 15.0 Å². The number of sulfone groups is 1. The van der Waals surface area contributed by atoms with Gasteiger partial charge in [-0.3, -0.25) is 4.79 Å². The Balaban J connectivity index is 1.61. The van der Waals surface area contributed by atoms with Crippen LogP contribution in [0, 0.1) is 0 Å². The molecule has 0 radical (unpaired) electrons. The number of fused-ring (bicyclic) bond motifs is 1. The molecule has 2 aromatic rings. The Hall–Kier alpha value is -2.03. The van der Waals surface area contributed by atoms with Crippen LogP contribution in [-0.4, -0.2) is 48.9 Å². The molecule has 2 aliphatic heterocycles. The Kier molecular flexibility index (Phi) is 6.09. The summed E-state index contributed by atoms with van der Waals surface area (Å²) < 4.78 is 29.9. The molecule has 4 rings (SSSR count). The number of amidine groups is 1. The highest BCUT2D eigenvalue weighted by Gasteiger charge is 2.49. The molecule has 158 valence electrons. The van der Waals surface area contributed by atoms with Gasteiger partial charge in [-0.15, -0.1) is 0 Å². The Morgan fingerprint density at radius 3 is 2.53 bits per heavy atom. The quantitative estimate of drug-likeness (QED) is 0.673. The second-order valence-corrected chi connectivity index (χ2v) is 11.0. The number of carbonyl (C=O) groups is 1. The second kappa shape index (κ2) is 8.61. The number of nitrogens with zero attached hydrogens (tertiary/aromatic N) is 2. The predicted octanol–water partition coefficient (Wildman–Crippen LogP) is 3.58. The molecule has 0 bridgehead atoms. The first kappa shape index (κ1) is 21.2. The van der Waals surface area contributed by atoms with Gasteiger partial charge in [0, 0.05) is 16.0 Å². The van der Waals surface area contributed by atoms with Gasteiger partial charge >= 0.3 is 0 Å². The SMILES string of the molecule is CCOc1ccc(N2C(=NC(=O)Cc3ccc(Cl)cc3)S[C@@H]3CS(=O)(=O)C[C@@H]32)cc1. The van der Waals surface area contributed by atoms with Crippen molar-refractivity contribution in [2.45, 2.75) is 24.6 Å². The fraction of sp³-hybridized carbons (Fsp3) is 0.333. The van der Waals surface area contributed by atoms with Crippen LogP contribution in [0.4, 0.5) is 5.69 Å². The lowest BCUT2D eigenvalue weighted by Gasteiger charge is -2.24. The number of hydrogen-bond acceptors (Lipinski definition) is 5. The minimum absolute atomic E-state index is 0.0578. The third-order valence-corrected chi connectivity index (χ3v) is 8.44. The minimum Gasteiger partial charge on any atom is -0.494 e. The molecule has 0 unspecified atom stereocenters. The highest BCUT2D eigenvalue weighted by atomic mass is 35.5. The van der Waals surface area contributed by atoms with Crippen LogP contribution in [0.2, 0.25) is 5.02 Å². The number of thioether (sulfide) groups is 1. The third-order valence-electron chi connectivity index (χ3n) is 4.98. The molecule has 2 heterocycles. The normalized spacial score (nSPS) is 23.5. The van der Waals surface area contributed by atoms with E-state index < -0.39 is 9.84 Å². The van der Waals surface area contributed by atoms with E-state index in [1.165, 1.54) is 11.8 Å². The van der Waals surface area contributed by atoms with E-state index in [1.54, 1.807) is 24.3 Å². The van der Waals surface area contributed by atoms with Gasteiger partial charge in [0.2, 0.25) is 0 Å². The number of amides is 1. The number of anilines is 1. The lowest BCUT2D eigenvalue weighted by Crippen LogP contribution is -2.37. The topological polar surface area (TPSA) is 76.0 Å². The summed E-state index contributed by atoms with van der Waals surface area (Å²) in [5.41, 5.74) is 1.63. The molecular weight excluding hydrogens is 444 g/mol. The summed E-state index contributed by atoms with van der Waals surface area (Å²) >= 11 is 7.27. The summed E-state index contributed by atoms with van der Waals surface area (Å²) in [5, 5.41) is 1.02. The molecule has 2 atom stereocenters. The van der Waals surface area contributed by atoms with E-state index >= 15 is 0 Å². The zero-order chi connectivity index (χ0) is 21.3. The molecule has 0 aromatic heterocycles. The number of halogens is 1. The molecule has 0 spiro atoms. The number of ether oxygens (including phenoxy) is 1. The van der Waals surface area contributed by atoms with Gasteiger partial charge in [-0.05, 0) is 48.9 Å². The molecule has 0 saturated carbocycles. The maximum absolute atomic E-state index is 12.6. The molecule has 0 N–H and O–H groups in total. The highest BCUT2D eigenvalue weighted by molar-refractivity contribution is 8.16. The molecule has 6 nitrogen and oxygen atoms in total.